The molecule has 1 aromatic rings. The third-order valence-corrected chi connectivity index (χ3v) is 5.80. The highest BCUT2D eigenvalue weighted by Crippen LogP contribution is 2.38. The highest BCUT2D eigenvalue weighted by atomic mass is 79.9. The molecule has 2 rings (SSSR count). The molecule has 0 radical (unpaired) electrons. The zero-order valence-electron chi connectivity index (χ0n) is 13.0. The molecule has 0 aliphatic heterocycles. The van der Waals surface area contributed by atoms with Crippen LogP contribution in [-0.2, 0) is 0 Å². The standard InChI is InChI=1S/C18H27BrO/c1-14(2)16-8-7-15(3)17(11-16)20-13-18(12-19)9-5-4-6-10-18/h7-8,11,14H,4-6,9-10,12-13H2,1-3H3. The number of rotatable bonds is 5. The summed E-state index contributed by atoms with van der Waals surface area (Å²) in [5.41, 5.74) is 2.95. The van der Waals surface area contributed by atoms with Gasteiger partial charge in [-0.05, 0) is 42.9 Å². The lowest BCUT2D eigenvalue weighted by molar-refractivity contribution is 0.121. The van der Waals surface area contributed by atoms with Crippen LogP contribution in [0.5, 0.6) is 5.75 Å². The van der Waals surface area contributed by atoms with Gasteiger partial charge in [0, 0.05) is 10.7 Å². The second kappa shape index (κ2) is 6.98. The Labute approximate surface area is 132 Å². The number of ether oxygens (including phenoxy) is 1. The molecule has 0 aromatic heterocycles. The summed E-state index contributed by atoms with van der Waals surface area (Å²) < 4.78 is 6.23. The molecule has 1 aliphatic carbocycles. The number of hydrogen-bond acceptors (Lipinski definition) is 1. The fourth-order valence-corrected chi connectivity index (χ4v) is 3.70. The predicted molar refractivity (Wildman–Crippen MR) is 90.1 cm³/mol. The van der Waals surface area contributed by atoms with E-state index in [9.17, 15) is 0 Å². The molecular formula is C18H27BrO. The van der Waals surface area contributed by atoms with E-state index in [-0.39, 0.29) is 0 Å². The van der Waals surface area contributed by atoms with Gasteiger partial charge in [-0.1, -0.05) is 61.2 Å². The van der Waals surface area contributed by atoms with Crippen molar-refractivity contribution in [2.75, 3.05) is 11.9 Å². The number of alkyl halides is 1. The molecule has 0 unspecified atom stereocenters. The van der Waals surface area contributed by atoms with Crippen molar-refractivity contribution in [1.29, 1.82) is 0 Å². The summed E-state index contributed by atoms with van der Waals surface area (Å²) in [5, 5.41) is 1.06. The average molecular weight is 339 g/mol. The van der Waals surface area contributed by atoms with E-state index in [1.165, 1.54) is 43.2 Å². The summed E-state index contributed by atoms with van der Waals surface area (Å²) in [6.45, 7) is 7.45. The van der Waals surface area contributed by atoms with Crippen LogP contribution in [0.25, 0.3) is 0 Å². The maximum Gasteiger partial charge on any atom is 0.122 e. The first-order valence-electron chi connectivity index (χ1n) is 7.86. The van der Waals surface area contributed by atoms with Crippen LogP contribution in [0.15, 0.2) is 18.2 Å². The van der Waals surface area contributed by atoms with Crippen molar-refractivity contribution in [2.24, 2.45) is 5.41 Å². The largest absolute Gasteiger partial charge is 0.493 e. The van der Waals surface area contributed by atoms with Crippen LogP contribution in [0.2, 0.25) is 0 Å². The van der Waals surface area contributed by atoms with Crippen molar-refractivity contribution in [1.82, 2.24) is 0 Å². The van der Waals surface area contributed by atoms with E-state index in [0.717, 1.165) is 17.7 Å². The van der Waals surface area contributed by atoms with Gasteiger partial charge in [0.2, 0.25) is 0 Å². The molecule has 0 amide bonds. The highest BCUT2D eigenvalue weighted by molar-refractivity contribution is 9.09. The van der Waals surface area contributed by atoms with E-state index < -0.39 is 0 Å². The minimum Gasteiger partial charge on any atom is -0.493 e. The lowest BCUT2D eigenvalue weighted by atomic mass is 9.76. The van der Waals surface area contributed by atoms with Crippen LogP contribution >= 0.6 is 15.9 Å². The highest BCUT2D eigenvalue weighted by Gasteiger charge is 2.32. The van der Waals surface area contributed by atoms with E-state index in [2.05, 4.69) is 54.9 Å². The van der Waals surface area contributed by atoms with E-state index in [1.54, 1.807) is 0 Å². The quantitative estimate of drug-likeness (QED) is 0.612. The second-order valence-electron chi connectivity index (χ2n) is 6.66. The molecule has 0 N–H and O–H groups in total. The maximum absolute atomic E-state index is 6.23. The SMILES string of the molecule is Cc1ccc(C(C)C)cc1OCC1(CBr)CCCCC1. The molecule has 1 saturated carbocycles. The first-order chi connectivity index (χ1) is 9.56. The Morgan fingerprint density at radius 2 is 1.90 bits per heavy atom. The average Bonchev–Trinajstić information content (AvgIpc) is 2.47. The Balaban J connectivity index is 2.07. The van der Waals surface area contributed by atoms with E-state index >= 15 is 0 Å². The molecule has 0 heterocycles. The van der Waals surface area contributed by atoms with Gasteiger partial charge in [0.1, 0.15) is 5.75 Å². The second-order valence-corrected chi connectivity index (χ2v) is 7.22. The van der Waals surface area contributed by atoms with Gasteiger partial charge in [0.25, 0.3) is 0 Å². The van der Waals surface area contributed by atoms with Crippen LogP contribution in [0.3, 0.4) is 0 Å². The molecule has 2 heteroatoms. The molecule has 112 valence electrons. The molecule has 0 spiro atoms. The van der Waals surface area contributed by atoms with Crippen molar-refractivity contribution in [2.45, 2.75) is 58.8 Å². The van der Waals surface area contributed by atoms with E-state index in [1.807, 2.05) is 0 Å². The van der Waals surface area contributed by atoms with Crippen LogP contribution in [-0.4, -0.2) is 11.9 Å². The molecule has 1 nitrogen and oxygen atoms in total. The third kappa shape index (κ3) is 3.78. The zero-order chi connectivity index (χ0) is 14.6. The van der Waals surface area contributed by atoms with Crippen LogP contribution in [0, 0.1) is 12.3 Å². The van der Waals surface area contributed by atoms with Crippen molar-refractivity contribution >= 4 is 15.9 Å². The summed E-state index contributed by atoms with van der Waals surface area (Å²) in [5.74, 6) is 1.62. The fraction of sp³-hybridized carbons (Fsp3) is 0.667. The van der Waals surface area contributed by atoms with Gasteiger partial charge in [-0.3, -0.25) is 0 Å². The van der Waals surface area contributed by atoms with Gasteiger partial charge in [0.15, 0.2) is 0 Å². The van der Waals surface area contributed by atoms with Crippen LogP contribution in [0.1, 0.15) is 63.0 Å². The Kier molecular flexibility index (Phi) is 5.54. The fourth-order valence-electron chi connectivity index (χ4n) is 2.98. The first-order valence-corrected chi connectivity index (χ1v) is 8.98. The van der Waals surface area contributed by atoms with Crippen molar-refractivity contribution < 1.29 is 4.74 Å². The topological polar surface area (TPSA) is 9.23 Å². The Bertz CT molecular complexity index is 433. The van der Waals surface area contributed by atoms with Gasteiger partial charge in [-0.15, -0.1) is 0 Å². The van der Waals surface area contributed by atoms with E-state index in [0.29, 0.717) is 11.3 Å². The lowest BCUT2D eigenvalue weighted by Crippen LogP contribution is -2.32. The van der Waals surface area contributed by atoms with Crippen molar-refractivity contribution in [3.63, 3.8) is 0 Å². The summed E-state index contributed by atoms with van der Waals surface area (Å²) in [4.78, 5) is 0. The predicted octanol–water partition coefficient (Wildman–Crippen LogP) is 5.84. The summed E-state index contributed by atoms with van der Waals surface area (Å²) in [7, 11) is 0. The van der Waals surface area contributed by atoms with Gasteiger partial charge in [-0.25, -0.2) is 0 Å². The molecule has 0 saturated heterocycles. The first kappa shape index (κ1) is 15.9. The lowest BCUT2D eigenvalue weighted by Gasteiger charge is -2.35. The molecular weight excluding hydrogens is 312 g/mol. The van der Waals surface area contributed by atoms with Crippen molar-refractivity contribution in [3.8, 4) is 5.75 Å². The molecule has 0 atom stereocenters. The zero-order valence-corrected chi connectivity index (χ0v) is 14.6. The molecule has 1 aromatic carbocycles. The Morgan fingerprint density at radius 3 is 2.50 bits per heavy atom. The number of benzene rings is 1. The molecule has 1 aliphatic rings. The minimum atomic E-state index is 0.346. The smallest absolute Gasteiger partial charge is 0.122 e. The minimum absolute atomic E-state index is 0.346. The number of halogens is 1. The van der Waals surface area contributed by atoms with Crippen LogP contribution in [0.4, 0.5) is 0 Å². The van der Waals surface area contributed by atoms with E-state index in [4.69, 9.17) is 4.74 Å². The molecule has 0 bridgehead atoms. The maximum atomic E-state index is 6.23. The van der Waals surface area contributed by atoms with Crippen LogP contribution < -0.4 is 4.74 Å². The monoisotopic (exact) mass is 338 g/mol. The van der Waals surface area contributed by atoms with Gasteiger partial charge >= 0.3 is 0 Å². The summed E-state index contributed by atoms with van der Waals surface area (Å²) >= 11 is 3.72. The van der Waals surface area contributed by atoms with Gasteiger partial charge in [0.05, 0.1) is 6.61 Å². The van der Waals surface area contributed by atoms with Gasteiger partial charge < -0.3 is 4.74 Å². The molecule has 20 heavy (non-hydrogen) atoms. The third-order valence-electron chi connectivity index (χ3n) is 4.61. The Hall–Kier alpha value is -0.500. The van der Waals surface area contributed by atoms with Crippen molar-refractivity contribution in [3.05, 3.63) is 29.3 Å². The number of hydrogen-bond donors (Lipinski definition) is 0. The summed E-state index contributed by atoms with van der Waals surface area (Å²) in [6.07, 6.45) is 6.67. The van der Waals surface area contributed by atoms with Gasteiger partial charge in [-0.2, -0.15) is 0 Å². The normalized spacial score (nSPS) is 18.2. The number of aryl methyl sites for hydroxylation is 1. The summed E-state index contributed by atoms with van der Waals surface area (Å²) in [6, 6.07) is 6.63. The Morgan fingerprint density at radius 1 is 1.20 bits per heavy atom. The molecule has 1 fully saturated rings.